The highest BCUT2D eigenvalue weighted by Crippen LogP contribution is 2.40. The second-order valence-electron chi connectivity index (χ2n) is 6.72. The van der Waals surface area contributed by atoms with Crippen LogP contribution in [0.1, 0.15) is 44.2 Å². The van der Waals surface area contributed by atoms with E-state index >= 15 is 0 Å². The normalized spacial score (nSPS) is 17.2. The largest absolute Gasteiger partial charge is 0.496 e. The predicted octanol–water partition coefficient (Wildman–Crippen LogP) is 3.02. The molecule has 1 aromatic carbocycles. The number of aryl methyl sites for hydroxylation is 1. The fourth-order valence-corrected chi connectivity index (χ4v) is 3.33. The summed E-state index contributed by atoms with van der Waals surface area (Å²) in [6.45, 7) is 10.4. The number of guanidine groups is 1. The summed E-state index contributed by atoms with van der Waals surface area (Å²) in [7, 11) is 1.75. The summed E-state index contributed by atoms with van der Waals surface area (Å²) in [5, 5.41) is 6.74. The van der Waals surface area contributed by atoms with Crippen molar-refractivity contribution >= 4 is 5.96 Å². The smallest absolute Gasteiger partial charge is 0.191 e. The molecule has 1 aromatic rings. The van der Waals surface area contributed by atoms with E-state index in [1.165, 1.54) is 11.1 Å². The Labute approximate surface area is 152 Å². The van der Waals surface area contributed by atoms with Crippen molar-refractivity contribution in [2.24, 2.45) is 4.99 Å². The van der Waals surface area contributed by atoms with Crippen LogP contribution in [-0.2, 0) is 10.2 Å². The van der Waals surface area contributed by atoms with E-state index in [1.807, 2.05) is 0 Å². The molecule has 2 rings (SSSR count). The Hall–Kier alpha value is -1.75. The summed E-state index contributed by atoms with van der Waals surface area (Å²) in [4.78, 5) is 4.91. The number of nitrogens with zero attached hydrogens (tertiary/aromatic N) is 1. The van der Waals surface area contributed by atoms with Gasteiger partial charge >= 0.3 is 0 Å². The van der Waals surface area contributed by atoms with Crippen LogP contribution in [0.25, 0.3) is 0 Å². The van der Waals surface area contributed by atoms with Crippen LogP contribution in [0.15, 0.2) is 23.2 Å². The van der Waals surface area contributed by atoms with E-state index in [1.54, 1.807) is 7.11 Å². The van der Waals surface area contributed by atoms with E-state index in [2.05, 4.69) is 49.6 Å². The lowest BCUT2D eigenvalue weighted by Gasteiger charge is -2.37. The van der Waals surface area contributed by atoms with Crippen LogP contribution in [-0.4, -0.2) is 45.9 Å². The van der Waals surface area contributed by atoms with Gasteiger partial charge in [-0.25, -0.2) is 0 Å². The van der Waals surface area contributed by atoms with Crippen LogP contribution in [0.5, 0.6) is 5.75 Å². The first-order chi connectivity index (χ1) is 12.1. The molecular weight excluding hydrogens is 314 g/mol. The maximum atomic E-state index is 5.68. The van der Waals surface area contributed by atoms with Gasteiger partial charge in [-0.15, -0.1) is 0 Å². The molecular formula is C20H33N3O2. The van der Waals surface area contributed by atoms with Gasteiger partial charge in [-0.05, 0) is 39.2 Å². The molecule has 1 aliphatic rings. The molecule has 0 saturated carbocycles. The average Bonchev–Trinajstić information content (AvgIpc) is 2.64. The molecule has 140 valence electrons. The molecule has 1 aliphatic heterocycles. The highest BCUT2D eigenvalue weighted by molar-refractivity contribution is 5.79. The van der Waals surface area contributed by atoms with Gasteiger partial charge in [0.25, 0.3) is 0 Å². The lowest BCUT2D eigenvalue weighted by molar-refractivity contribution is 0.0522. The fraction of sp³-hybridized carbons (Fsp3) is 0.650. The molecule has 0 amide bonds. The number of methoxy groups -OCH3 is 1. The van der Waals surface area contributed by atoms with Gasteiger partial charge in [0.2, 0.25) is 0 Å². The topological polar surface area (TPSA) is 54.9 Å². The Balaban J connectivity index is 2.33. The summed E-state index contributed by atoms with van der Waals surface area (Å²) < 4.78 is 11.3. The Kier molecular flexibility index (Phi) is 7.56. The number of aliphatic imine (C=N–C) groups is 1. The average molecular weight is 348 g/mol. The van der Waals surface area contributed by atoms with E-state index in [4.69, 9.17) is 14.5 Å². The standard InChI is InChI=1S/C20H33N3O2/c1-5-11-22-19(21-6-2)23-15-20(9-12-25-13-10-20)17-14-16(3)7-8-18(17)24-4/h7-8,14H,5-6,9-13,15H2,1-4H3,(H2,21,22,23). The van der Waals surface area contributed by atoms with E-state index in [9.17, 15) is 0 Å². The third kappa shape index (κ3) is 5.11. The van der Waals surface area contributed by atoms with Gasteiger partial charge in [0, 0.05) is 37.3 Å². The summed E-state index contributed by atoms with van der Waals surface area (Å²) >= 11 is 0. The first-order valence-electron chi connectivity index (χ1n) is 9.40. The molecule has 5 nitrogen and oxygen atoms in total. The van der Waals surface area contributed by atoms with E-state index < -0.39 is 0 Å². The van der Waals surface area contributed by atoms with Crippen molar-refractivity contribution in [3.63, 3.8) is 0 Å². The second-order valence-corrected chi connectivity index (χ2v) is 6.72. The highest BCUT2D eigenvalue weighted by atomic mass is 16.5. The van der Waals surface area contributed by atoms with Crippen molar-refractivity contribution in [1.29, 1.82) is 0 Å². The molecule has 1 saturated heterocycles. The van der Waals surface area contributed by atoms with Crippen molar-refractivity contribution in [1.82, 2.24) is 10.6 Å². The number of nitrogens with one attached hydrogen (secondary N) is 2. The molecule has 1 heterocycles. The molecule has 2 N–H and O–H groups in total. The Morgan fingerprint density at radius 1 is 1.24 bits per heavy atom. The van der Waals surface area contributed by atoms with E-state index in [0.717, 1.165) is 63.8 Å². The van der Waals surface area contributed by atoms with Crippen molar-refractivity contribution in [3.05, 3.63) is 29.3 Å². The zero-order valence-electron chi connectivity index (χ0n) is 16.2. The molecule has 0 radical (unpaired) electrons. The van der Waals surface area contributed by atoms with Gasteiger partial charge in [-0.2, -0.15) is 0 Å². The Morgan fingerprint density at radius 3 is 2.64 bits per heavy atom. The van der Waals surface area contributed by atoms with Crippen molar-refractivity contribution < 1.29 is 9.47 Å². The minimum atomic E-state index is -0.0375. The first kappa shape index (κ1) is 19.6. The molecule has 0 spiro atoms. The molecule has 25 heavy (non-hydrogen) atoms. The predicted molar refractivity (Wildman–Crippen MR) is 104 cm³/mol. The maximum Gasteiger partial charge on any atom is 0.191 e. The molecule has 0 bridgehead atoms. The molecule has 0 aliphatic carbocycles. The quantitative estimate of drug-likeness (QED) is 0.588. The lowest BCUT2D eigenvalue weighted by atomic mass is 9.73. The van der Waals surface area contributed by atoms with Gasteiger partial charge in [0.15, 0.2) is 5.96 Å². The molecule has 5 heteroatoms. The van der Waals surface area contributed by atoms with Crippen LogP contribution in [0.4, 0.5) is 0 Å². The maximum absolute atomic E-state index is 5.68. The van der Waals surface area contributed by atoms with E-state index in [-0.39, 0.29) is 5.41 Å². The number of hydrogen-bond donors (Lipinski definition) is 2. The zero-order chi connectivity index (χ0) is 18.1. The van der Waals surface area contributed by atoms with Crippen LogP contribution in [0.2, 0.25) is 0 Å². The highest BCUT2D eigenvalue weighted by Gasteiger charge is 2.37. The van der Waals surface area contributed by atoms with Gasteiger partial charge in [0.1, 0.15) is 5.75 Å². The van der Waals surface area contributed by atoms with Gasteiger partial charge in [-0.1, -0.05) is 24.6 Å². The van der Waals surface area contributed by atoms with Gasteiger partial charge in [-0.3, -0.25) is 4.99 Å². The molecule has 0 aromatic heterocycles. The molecule has 0 unspecified atom stereocenters. The third-order valence-electron chi connectivity index (χ3n) is 4.80. The number of rotatable bonds is 7. The first-order valence-corrected chi connectivity index (χ1v) is 9.40. The van der Waals surface area contributed by atoms with Gasteiger partial charge < -0.3 is 20.1 Å². The number of hydrogen-bond acceptors (Lipinski definition) is 3. The summed E-state index contributed by atoms with van der Waals surface area (Å²) in [6, 6.07) is 6.43. The fourth-order valence-electron chi connectivity index (χ4n) is 3.33. The van der Waals surface area contributed by atoms with Crippen molar-refractivity contribution in [3.8, 4) is 5.75 Å². The Morgan fingerprint density at radius 2 is 2.00 bits per heavy atom. The SMILES string of the molecule is CCCNC(=NCC1(c2cc(C)ccc2OC)CCOCC1)NCC. The number of benzene rings is 1. The number of ether oxygens (including phenoxy) is 2. The minimum absolute atomic E-state index is 0.0375. The molecule has 0 atom stereocenters. The minimum Gasteiger partial charge on any atom is -0.496 e. The zero-order valence-corrected chi connectivity index (χ0v) is 16.2. The van der Waals surface area contributed by atoms with Crippen LogP contribution in [0.3, 0.4) is 0 Å². The van der Waals surface area contributed by atoms with Crippen molar-refractivity contribution in [2.75, 3.05) is 40.0 Å². The summed E-state index contributed by atoms with van der Waals surface area (Å²) in [5.41, 5.74) is 2.47. The monoisotopic (exact) mass is 347 g/mol. The van der Waals surface area contributed by atoms with Crippen LogP contribution in [0, 0.1) is 6.92 Å². The summed E-state index contributed by atoms with van der Waals surface area (Å²) in [6.07, 6.45) is 3.00. The van der Waals surface area contributed by atoms with Crippen molar-refractivity contribution in [2.45, 2.75) is 45.4 Å². The molecule has 1 fully saturated rings. The van der Waals surface area contributed by atoms with Crippen LogP contribution >= 0.6 is 0 Å². The second kappa shape index (κ2) is 9.66. The summed E-state index contributed by atoms with van der Waals surface area (Å²) in [5.74, 6) is 1.84. The van der Waals surface area contributed by atoms with E-state index in [0.29, 0.717) is 0 Å². The van der Waals surface area contributed by atoms with Gasteiger partial charge in [0.05, 0.1) is 13.7 Å². The third-order valence-corrected chi connectivity index (χ3v) is 4.80. The Bertz CT molecular complexity index is 566. The lowest BCUT2D eigenvalue weighted by Crippen LogP contribution is -2.41. The van der Waals surface area contributed by atoms with Crippen LogP contribution < -0.4 is 15.4 Å².